The highest BCUT2D eigenvalue weighted by Crippen LogP contribution is 2.22. The van der Waals surface area contributed by atoms with E-state index in [1.54, 1.807) is 24.4 Å². The Labute approximate surface area is 212 Å². The summed E-state index contributed by atoms with van der Waals surface area (Å²) in [5, 5.41) is 3.79. The molecule has 0 spiro atoms. The van der Waals surface area contributed by atoms with E-state index in [1.807, 2.05) is 24.4 Å². The highest BCUT2D eigenvalue weighted by molar-refractivity contribution is 8.14. The van der Waals surface area contributed by atoms with Gasteiger partial charge in [0.25, 0.3) is 10.0 Å². The van der Waals surface area contributed by atoms with E-state index >= 15 is 0 Å². The quantitative estimate of drug-likeness (QED) is 0.298. The topological polar surface area (TPSA) is 131 Å². The van der Waals surface area contributed by atoms with E-state index in [0.29, 0.717) is 28.8 Å². The molecule has 0 saturated heterocycles. The van der Waals surface area contributed by atoms with Crippen LogP contribution in [0.1, 0.15) is 22.8 Å². The van der Waals surface area contributed by atoms with Gasteiger partial charge in [0.05, 0.1) is 16.2 Å². The second kappa shape index (κ2) is 11.3. The molecule has 0 unspecified atom stereocenters. The van der Waals surface area contributed by atoms with E-state index in [0.717, 1.165) is 23.7 Å². The lowest BCUT2D eigenvalue weighted by atomic mass is 10.2. The number of benzene rings is 1. The van der Waals surface area contributed by atoms with E-state index in [4.69, 9.17) is 0 Å². The standard InChI is InChI=1S/C25H23N5O4S2/c1-17(31)35-16-23(32)20-5-9-25(28-15-20)30-36(33,34)21-6-7-22-19(13-21)4-8-24(29-22)27-12-10-18-3-2-11-26-14-18/h2-9,11,13-15H,10,12,16H2,1H3,(H,27,29)(H,28,30). The van der Waals surface area contributed by atoms with Gasteiger partial charge in [-0.1, -0.05) is 17.8 Å². The number of hydrogen-bond donors (Lipinski definition) is 2. The molecule has 3 heterocycles. The molecule has 36 heavy (non-hydrogen) atoms. The van der Waals surface area contributed by atoms with Crippen molar-refractivity contribution in [2.45, 2.75) is 18.2 Å². The molecule has 9 nitrogen and oxygen atoms in total. The van der Waals surface area contributed by atoms with Gasteiger partial charge in [-0.15, -0.1) is 0 Å². The number of aromatic nitrogens is 3. The first-order valence-corrected chi connectivity index (χ1v) is 13.5. The SMILES string of the molecule is CC(=O)SCC(=O)c1ccc(NS(=O)(=O)c2ccc3nc(NCCc4cccnc4)ccc3c2)nc1. The summed E-state index contributed by atoms with van der Waals surface area (Å²) < 4.78 is 28.2. The molecule has 0 fully saturated rings. The summed E-state index contributed by atoms with van der Waals surface area (Å²) in [6, 6.07) is 15.1. The van der Waals surface area contributed by atoms with Gasteiger partial charge in [-0.3, -0.25) is 19.3 Å². The lowest BCUT2D eigenvalue weighted by Crippen LogP contribution is -2.14. The van der Waals surface area contributed by atoms with Crippen molar-refractivity contribution in [3.63, 3.8) is 0 Å². The van der Waals surface area contributed by atoms with Gasteiger partial charge in [-0.05, 0) is 60.5 Å². The Morgan fingerprint density at radius 3 is 2.56 bits per heavy atom. The summed E-state index contributed by atoms with van der Waals surface area (Å²) in [4.78, 5) is 35.9. The van der Waals surface area contributed by atoms with Gasteiger partial charge in [0.2, 0.25) is 0 Å². The monoisotopic (exact) mass is 521 g/mol. The Morgan fingerprint density at radius 1 is 1.00 bits per heavy atom. The van der Waals surface area contributed by atoms with Crippen LogP contribution in [-0.2, 0) is 21.2 Å². The summed E-state index contributed by atoms with van der Waals surface area (Å²) in [5.74, 6) is 0.525. The average Bonchev–Trinajstić information content (AvgIpc) is 2.87. The maximum atomic E-state index is 12.9. The van der Waals surface area contributed by atoms with E-state index in [1.165, 1.54) is 31.3 Å². The summed E-state index contributed by atoms with van der Waals surface area (Å²) in [5.41, 5.74) is 2.08. The number of fused-ring (bicyclic) bond motifs is 1. The fourth-order valence-corrected chi connectivity index (χ4v) is 4.86. The molecule has 11 heteroatoms. The van der Waals surface area contributed by atoms with Crippen LogP contribution in [0.3, 0.4) is 0 Å². The van der Waals surface area contributed by atoms with Crippen LogP contribution in [-0.4, -0.2) is 46.6 Å². The number of rotatable bonds is 10. The molecule has 0 aliphatic carbocycles. The number of Topliss-reactive ketones (excluding diaryl/α,β-unsaturated/α-hetero) is 1. The van der Waals surface area contributed by atoms with E-state index < -0.39 is 10.0 Å². The molecule has 0 radical (unpaired) electrons. The van der Waals surface area contributed by atoms with Crippen LogP contribution in [0.2, 0.25) is 0 Å². The molecule has 0 aliphatic rings. The fraction of sp³-hybridized carbons (Fsp3) is 0.160. The van der Waals surface area contributed by atoms with Crippen LogP contribution in [0.5, 0.6) is 0 Å². The number of sulfonamides is 1. The number of hydrogen-bond acceptors (Lipinski definition) is 9. The van der Waals surface area contributed by atoms with Crippen molar-refractivity contribution in [2.75, 3.05) is 22.3 Å². The molecule has 0 bridgehead atoms. The van der Waals surface area contributed by atoms with Crippen molar-refractivity contribution in [2.24, 2.45) is 0 Å². The highest BCUT2D eigenvalue weighted by Gasteiger charge is 2.16. The normalized spacial score (nSPS) is 11.2. The van der Waals surface area contributed by atoms with Crippen molar-refractivity contribution >= 4 is 55.2 Å². The minimum absolute atomic E-state index is 0.00888. The molecule has 3 aromatic heterocycles. The number of nitrogens with one attached hydrogen (secondary N) is 2. The lowest BCUT2D eigenvalue weighted by molar-refractivity contribution is -0.109. The third-order valence-corrected chi connectivity index (χ3v) is 7.31. The Kier molecular flexibility index (Phi) is 7.91. The fourth-order valence-electron chi connectivity index (χ4n) is 3.32. The first-order valence-electron chi connectivity index (χ1n) is 11.0. The number of thioether (sulfide) groups is 1. The first kappa shape index (κ1) is 25.3. The smallest absolute Gasteiger partial charge is 0.263 e. The molecule has 4 rings (SSSR count). The molecule has 0 aliphatic heterocycles. The number of carbonyl (C=O) groups is 2. The largest absolute Gasteiger partial charge is 0.370 e. The summed E-state index contributed by atoms with van der Waals surface area (Å²) in [7, 11) is -3.91. The maximum absolute atomic E-state index is 12.9. The van der Waals surface area contributed by atoms with Gasteiger partial charge in [0.1, 0.15) is 11.6 Å². The summed E-state index contributed by atoms with van der Waals surface area (Å²) >= 11 is 0.911. The van der Waals surface area contributed by atoms with Crippen molar-refractivity contribution in [1.82, 2.24) is 15.0 Å². The molecule has 4 aromatic rings. The molecule has 184 valence electrons. The van der Waals surface area contributed by atoms with Gasteiger partial charge in [0.15, 0.2) is 10.9 Å². The van der Waals surface area contributed by atoms with Gasteiger partial charge < -0.3 is 5.32 Å². The van der Waals surface area contributed by atoms with Crippen LogP contribution in [0.25, 0.3) is 10.9 Å². The minimum atomic E-state index is -3.91. The third-order valence-electron chi connectivity index (χ3n) is 5.14. The average molecular weight is 522 g/mol. The maximum Gasteiger partial charge on any atom is 0.263 e. The second-order valence-corrected chi connectivity index (χ2v) is 10.7. The van der Waals surface area contributed by atoms with Gasteiger partial charge in [0, 0.05) is 43.0 Å². The highest BCUT2D eigenvalue weighted by atomic mass is 32.2. The minimum Gasteiger partial charge on any atom is -0.370 e. The van der Waals surface area contributed by atoms with Crippen LogP contribution in [0.4, 0.5) is 11.6 Å². The van der Waals surface area contributed by atoms with Crippen LogP contribution >= 0.6 is 11.8 Å². The van der Waals surface area contributed by atoms with Crippen LogP contribution in [0, 0.1) is 0 Å². The Morgan fingerprint density at radius 2 is 1.83 bits per heavy atom. The second-order valence-electron chi connectivity index (χ2n) is 7.83. The molecule has 0 amide bonds. The zero-order chi connectivity index (χ0) is 25.5. The van der Waals surface area contributed by atoms with Crippen molar-refractivity contribution < 1.29 is 18.0 Å². The summed E-state index contributed by atoms with van der Waals surface area (Å²) in [6.07, 6.45) is 5.65. The predicted octanol–water partition coefficient (Wildman–Crippen LogP) is 3.94. The van der Waals surface area contributed by atoms with Crippen LogP contribution in [0.15, 0.2) is 78.1 Å². The van der Waals surface area contributed by atoms with E-state index in [-0.39, 0.29) is 27.4 Å². The number of anilines is 2. The Balaban J connectivity index is 1.41. The van der Waals surface area contributed by atoms with Gasteiger partial charge in [-0.2, -0.15) is 0 Å². The molecular formula is C25H23N5O4S2. The number of carbonyl (C=O) groups excluding carboxylic acids is 2. The van der Waals surface area contributed by atoms with E-state index in [9.17, 15) is 18.0 Å². The van der Waals surface area contributed by atoms with Crippen LogP contribution < -0.4 is 10.0 Å². The van der Waals surface area contributed by atoms with Crippen molar-refractivity contribution in [3.8, 4) is 0 Å². The number of pyridine rings is 3. The molecule has 1 aromatic carbocycles. The third kappa shape index (κ3) is 6.64. The van der Waals surface area contributed by atoms with Crippen molar-refractivity contribution in [1.29, 1.82) is 0 Å². The zero-order valence-electron chi connectivity index (χ0n) is 19.3. The van der Waals surface area contributed by atoms with E-state index in [2.05, 4.69) is 25.0 Å². The van der Waals surface area contributed by atoms with Crippen molar-refractivity contribution in [3.05, 3.63) is 84.3 Å². The molecule has 0 atom stereocenters. The van der Waals surface area contributed by atoms with Gasteiger partial charge >= 0.3 is 0 Å². The molecule has 2 N–H and O–H groups in total. The Bertz CT molecular complexity index is 1490. The zero-order valence-corrected chi connectivity index (χ0v) is 21.0. The van der Waals surface area contributed by atoms with Gasteiger partial charge in [-0.25, -0.2) is 18.4 Å². The molecule has 0 saturated carbocycles. The number of ketones is 1. The first-order chi connectivity index (χ1) is 17.3. The predicted molar refractivity (Wildman–Crippen MR) is 141 cm³/mol. The molecular weight excluding hydrogens is 498 g/mol. The Hall–Kier alpha value is -3.83. The summed E-state index contributed by atoms with van der Waals surface area (Å²) in [6.45, 7) is 2.07. The number of nitrogens with zero attached hydrogens (tertiary/aromatic N) is 3. The lowest BCUT2D eigenvalue weighted by Gasteiger charge is -2.10.